The van der Waals surface area contributed by atoms with Gasteiger partial charge in [0.2, 0.25) is 5.91 Å². The number of ether oxygens (including phenoxy) is 1. The molecule has 0 spiro atoms. The summed E-state index contributed by atoms with van der Waals surface area (Å²) in [4.78, 5) is 29.5. The molecular formula is C16H20N2O3. The third kappa shape index (κ3) is 4.41. The van der Waals surface area contributed by atoms with Crippen molar-refractivity contribution in [2.24, 2.45) is 0 Å². The maximum Gasteiger partial charge on any atom is 0.307 e. The fourth-order valence-corrected chi connectivity index (χ4v) is 2.52. The molecule has 21 heavy (non-hydrogen) atoms. The van der Waals surface area contributed by atoms with Crippen LogP contribution in [0.5, 0.6) is 0 Å². The van der Waals surface area contributed by atoms with Crippen LogP contribution in [0.25, 0.3) is 6.08 Å². The highest BCUT2D eigenvalue weighted by molar-refractivity contribution is 5.92. The van der Waals surface area contributed by atoms with Gasteiger partial charge in [-0.1, -0.05) is 6.07 Å². The number of nitrogens with zero attached hydrogens (tertiary/aromatic N) is 2. The lowest BCUT2D eigenvalue weighted by atomic mass is 9.99. The Balaban J connectivity index is 2.01. The first-order chi connectivity index (χ1) is 10.2. The highest BCUT2D eigenvalue weighted by Crippen LogP contribution is 2.20. The minimum Gasteiger partial charge on any atom is -0.469 e. The number of carbonyl (C=O) groups is 2. The minimum atomic E-state index is -0.268. The molecule has 1 saturated heterocycles. The lowest BCUT2D eigenvalue weighted by Gasteiger charge is -2.34. The monoisotopic (exact) mass is 288 g/mol. The van der Waals surface area contributed by atoms with E-state index in [1.54, 1.807) is 29.4 Å². The zero-order valence-electron chi connectivity index (χ0n) is 12.2. The van der Waals surface area contributed by atoms with Crippen molar-refractivity contribution in [1.82, 2.24) is 9.88 Å². The fourth-order valence-electron chi connectivity index (χ4n) is 2.52. The molecule has 1 aromatic heterocycles. The molecule has 2 rings (SSSR count). The standard InChI is InChI=1S/C16H20N2O3/c1-21-16(20)11-14-6-2-3-10-18(14)15(19)8-7-13-5-4-9-17-12-13/h4-5,7-9,12,14H,2-3,6,10-11H2,1H3/b8-7+. The Hall–Kier alpha value is -2.17. The number of esters is 1. The van der Waals surface area contributed by atoms with Crippen molar-refractivity contribution < 1.29 is 14.3 Å². The van der Waals surface area contributed by atoms with E-state index in [1.807, 2.05) is 12.1 Å². The van der Waals surface area contributed by atoms with E-state index in [4.69, 9.17) is 4.74 Å². The minimum absolute atomic E-state index is 0.0581. The number of carbonyl (C=O) groups excluding carboxylic acids is 2. The highest BCUT2D eigenvalue weighted by Gasteiger charge is 2.27. The normalized spacial score (nSPS) is 18.7. The van der Waals surface area contributed by atoms with Crippen molar-refractivity contribution in [3.8, 4) is 0 Å². The van der Waals surface area contributed by atoms with Gasteiger partial charge in [0.15, 0.2) is 0 Å². The third-order valence-corrected chi connectivity index (χ3v) is 3.64. The Labute approximate surface area is 124 Å². The Morgan fingerprint density at radius 3 is 3.05 bits per heavy atom. The molecule has 2 heterocycles. The van der Waals surface area contributed by atoms with Gasteiger partial charge >= 0.3 is 5.97 Å². The molecular weight excluding hydrogens is 268 g/mol. The van der Waals surface area contributed by atoms with Crippen LogP contribution < -0.4 is 0 Å². The van der Waals surface area contributed by atoms with Gasteiger partial charge in [0.25, 0.3) is 0 Å². The summed E-state index contributed by atoms with van der Waals surface area (Å²) in [6, 6.07) is 3.65. The molecule has 0 radical (unpaired) electrons. The van der Waals surface area contributed by atoms with E-state index in [2.05, 4.69) is 4.98 Å². The molecule has 1 atom stereocenters. The Morgan fingerprint density at radius 2 is 2.33 bits per heavy atom. The molecule has 1 amide bonds. The predicted octanol–water partition coefficient (Wildman–Crippen LogP) is 2.04. The van der Waals surface area contributed by atoms with Crippen molar-refractivity contribution in [1.29, 1.82) is 0 Å². The van der Waals surface area contributed by atoms with Crippen molar-refractivity contribution in [3.05, 3.63) is 36.2 Å². The molecule has 5 nitrogen and oxygen atoms in total. The number of rotatable bonds is 4. The number of hydrogen-bond donors (Lipinski definition) is 0. The van der Waals surface area contributed by atoms with Crippen molar-refractivity contribution >= 4 is 18.0 Å². The van der Waals surface area contributed by atoms with Gasteiger partial charge in [-0.25, -0.2) is 0 Å². The van der Waals surface area contributed by atoms with Crippen molar-refractivity contribution in [3.63, 3.8) is 0 Å². The molecule has 0 bridgehead atoms. The van der Waals surface area contributed by atoms with Crippen molar-refractivity contribution in [2.45, 2.75) is 31.7 Å². The molecule has 1 unspecified atom stereocenters. The molecule has 112 valence electrons. The van der Waals surface area contributed by atoms with E-state index in [9.17, 15) is 9.59 Å². The van der Waals surface area contributed by atoms with Crippen LogP contribution in [0, 0.1) is 0 Å². The zero-order chi connectivity index (χ0) is 15.1. The second-order valence-electron chi connectivity index (χ2n) is 5.08. The van der Waals surface area contributed by atoms with Crippen LogP contribution in [0.1, 0.15) is 31.2 Å². The summed E-state index contributed by atoms with van der Waals surface area (Å²) < 4.78 is 4.71. The fraction of sp³-hybridized carbons (Fsp3) is 0.438. The average Bonchev–Trinajstić information content (AvgIpc) is 2.54. The number of hydrogen-bond acceptors (Lipinski definition) is 4. The van der Waals surface area contributed by atoms with Crippen LogP contribution in [0.3, 0.4) is 0 Å². The molecule has 0 aliphatic carbocycles. The van der Waals surface area contributed by atoms with Crippen LogP contribution in [0.4, 0.5) is 0 Å². The zero-order valence-corrected chi connectivity index (χ0v) is 12.2. The largest absolute Gasteiger partial charge is 0.469 e. The predicted molar refractivity (Wildman–Crippen MR) is 79.3 cm³/mol. The second kappa shape index (κ2) is 7.57. The van der Waals surface area contributed by atoms with E-state index in [1.165, 1.54) is 7.11 Å². The molecule has 0 N–H and O–H groups in total. The Bertz CT molecular complexity index is 514. The SMILES string of the molecule is COC(=O)CC1CCCCN1C(=O)/C=C/c1cccnc1. The van der Waals surface area contributed by atoms with Crippen LogP contribution in [0.15, 0.2) is 30.6 Å². The first-order valence-electron chi connectivity index (χ1n) is 7.16. The van der Waals surface area contributed by atoms with Gasteiger partial charge < -0.3 is 9.64 Å². The number of likely N-dealkylation sites (tertiary alicyclic amines) is 1. The van der Waals surface area contributed by atoms with Gasteiger partial charge in [0.05, 0.1) is 13.5 Å². The lowest BCUT2D eigenvalue weighted by molar-refractivity contribution is -0.143. The van der Waals surface area contributed by atoms with Crippen LogP contribution in [-0.2, 0) is 14.3 Å². The smallest absolute Gasteiger partial charge is 0.307 e. The van der Waals surface area contributed by atoms with Crippen LogP contribution in [-0.4, -0.2) is 41.5 Å². The molecule has 0 aromatic carbocycles. The quantitative estimate of drug-likeness (QED) is 0.628. The number of amides is 1. The van der Waals surface area contributed by atoms with Gasteiger partial charge in [-0.15, -0.1) is 0 Å². The van der Waals surface area contributed by atoms with Gasteiger partial charge in [0, 0.05) is 31.1 Å². The van der Waals surface area contributed by atoms with Gasteiger partial charge in [-0.3, -0.25) is 14.6 Å². The number of piperidine rings is 1. The third-order valence-electron chi connectivity index (χ3n) is 3.64. The molecule has 1 aliphatic rings. The highest BCUT2D eigenvalue weighted by atomic mass is 16.5. The summed E-state index contributed by atoms with van der Waals surface area (Å²) in [5.41, 5.74) is 0.882. The summed E-state index contributed by atoms with van der Waals surface area (Å²) in [5.74, 6) is -0.330. The Kier molecular flexibility index (Phi) is 5.49. The molecule has 5 heteroatoms. The molecule has 0 saturated carbocycles. The van der Waals surface area contributed by atoms with E-state index < -0.39 is 0 Å². The van der Waals surface area contributed by atoms with Gasteiger partial charge in [-0.2, -0.15) is 0 Å². The van der Waals surface area contributed by atoms with E-state index in [0.29, 0.717) is 6.54 Å². The van der Waals surface area contributed by atoms with Crippen LogP contribution >= 0.6 is 0 Å². The molecule has 1 aliphatic heterocycles. The number of methoxy groups -OCH3 is 1. The summed E-state index contributed by atoms with van der Waals surface area (Å²) in [5, 5.41) is 0. The second-order valence-corrected chi connectivity index (χ2v) is 5.08. The van der Waals surface area contributed by atoms with Crippen LogP contribution in [0.2, 0.25) is 0 Å². The average molecular weight is 288 g/mol. The van der Waals surface area contributed by atoms with Gasteiger partial charge in [0.1, 0.15) is 0 Å². The van der Waals surface area contributed by atoms with E-state index >= 15 is 0 Å². The first-order valence-corrected chi connectivity index (χ1v) is 7.16. The van der Waals surface area contributed by atoms with E-state index in [-0.39, 0.29) is 24.3 Å². The maximum absolute atomic E-state index is 12.3. The number of pyridine rings is 1. The molecule has 1 aromatic rings. The number of aromatic nitrogens is 1. The summed E-state index contributed by atoms with van der Waals surface area (Å²) >= 11 is 0. The van der Waals surface area contributed by atoms with Crippen molar-refractivity contribution in [2.75, 3.05) is 13.7 Å². The summed E-state index contributed by atoms with van der Waals surface area (Å²) in [6.45, 7) is 0.692. The van der Waals surface area contributed by atoms with E-state index in [0.717, 1.165) is 24.8 Å². The lowest BCUT2D eigenvalue weighted by Crippen LogP contribution is -2.44. The van der Waals surface area contributed by atoms with Gasteiger partial charge in [-0.05, 0) is 37.0 Å². The summed E-state index contributed by atoms with van der Waals surface area (Å²) in [6.07, 6.45) is 9.82. The summed E-state index contributed by atoms with van der Waals surface area (Å²) in [7, 11) is 1.37. The molecule has 1 fully saturated rings. The Morgan fingerprint density at radius 1 is 1.48 bits per heavy atom. The maximum atomic E-state index is 12.3. The topological polar surface area (TPSA) is 59.5 Å². The first kappa shape index (κ1) is 15.2.